The predicted molar refractivity (Wildman–Crippen MR) is 55.8 cm³/mol. The van der Waals surface area contributed by atoms with Crippen molar-refractivity contribution >= 4 is 5.91 Å². The van der Waals surface area contributed by atoms with E-state index < -0.39 is 5.54 Å². The van der Waals surface area contributed by atoms with Crippen LogP contribution in [0.25, 0.3) is 0 Å². The van der Waals surface area contributed by atoms with E-state index in [0.29, 0.717) is 5.76 Å². The normalized spacial score (nSPS) is 11.5. The van der Waals surface area contributed by atoms with Crippen LogP contribution in [0.15, 0.2) is 10.6 Å². The van der Waals surface area contributed by atoms with Crippen LogP contribution < -0.4 is 5.32 Å². The molecule has 0 aliphatic heterocycles. The molecular formula is C10H16N2O4. The first-order valence-corrected chi connectivity index (χ1v) is 4.86. The molecule has 0 aliphatic rings. The summed E-state index contributed by atoms with van der Waals surface area (Å²) in [6.45, 7) is 3.54. The lowest BCUT2D eigenvalue weighted by atomic mass is 10.1. The second kappa shape index (κ2) is 5.09. The van der Waals surface area contributed by atoms with Crippen molar-refractivity contribution < 1.29 is 19.2 Å². The van der Waals surface area contributed by atoms with Gasteiger partial charge in [-0.15, -0.1) is 0 Å². The molecule has 0 spiro atoms. The van der Waals surface area contributed by atoms with Crippen LogP contribution in [-0.2, 0) is 11.3 Å². The average Bonchev–Trinajstić information content (AvgIpc) is 2.66. The quantitative estimate of drug-likeness (QED) is 0.758. The molecule has 1 heterocycles. The lowest BCUT2D eigenvalue weighted by Crippen LogP contribution is -2.46. The summed E-state index contributed by atoms with van der Waals surface area (Å²) in [6.07, 6.45) is 0. The number of nitrogens with one attached hydrogen (secondary N) is 1. The fraction of sp³-hybridized carbons (Fsp3) is 0.600. The van der Waals surface area contributed by atoms with Gasteiger partial charge in [0.05, 0.1) is 12.1 Å². The number of amides is 1. The molecule has 6 heteroatoms. The number of methoxy groups -OCH3 is 1. The standard InChI is InChI=1S/C10H16N2O4/c1-10(2,6-13)11-9(14)8-4-7(5-15-3)16-12-8/h4,13H,5-6H2,1-3H3,(H,11,14). The molecule has 16 heavy (non-hydrogen) atoms. The van der Waals surface area contributed by atoms with E-state index in [0.717, 1.165) is 0 Å². The predicted octanol–water partition coefficient (Wildman–Crippen LogP) is 0.322. The number of ether oxygens (including phenoxy) is 1. The molecule has 0 unspecified atom stereocenters. The second-order valence-electron chi connectivity index (χ2n) is 4.11. The Bertz CT molecular complexity index is 359. The maximum Gasteiger partial charge on any atom is 0.273 e. The molecule has 0 radical (unpaired) electrons. The highest BCUT2D eigenvalue weighted by molar-refractivity contribution is 5.92. The van der Waals surface area contributed by atoms with Crippen molar-refractivity contribution in [3.8, 4) is 0 Å². The van der Waals surface area contributed by atoms with Gasteiger partial charge in [-0.1, -0.05) is 5.16 Å². The van der Waals surface area contributed by atoms with Gasteiger partial charge in [-0.25, -0.2) is 0 Å². The lowest BCUT2D eigenvalue weighted by Gasteiger charge is -2.22. The lowest BCUT2D eigenvalue weighted by molar-refractivity contribution is 0.0859. The molecule has 0 saturated carbocycles. The molecular weight excluding hydrogens is 212 g/mol. The van der Waals surface area contributed by atoms with E-state index >= 15 is 0 Å². The zero-order valence-corrected chi connectivity index (χ0v) is 9.61. The Hall–Kier alpha value is -1.40. The molecule has 0 aliphatic carbocycles. The fourth-order valence-electron chi connectivity index (χ4n) is 1.04. The molecule has 0 saturated heterocycles. The molecule has 0 fully saturated rings. The van der Waals surface area contributed by atoms with Gasteiger partial charge in [0.1, 0.15) is 6.61 Å². The third-order valence-corrected chi connectivity index (χ3v) is 1.93. The Morgan fingerprint density at radius 2 is 2.38 bits per heavy atom. The summed E-state index contributed by atoms with van der Waals surface area (Å²) < 4.78 is 9.71. The SMILES string of the molecule is COCc1cc(C(=O)NC(C)(C)CO)no1. The fourth-order valence-corrected chi connectivity index (χ4v) is 1.04. The van der Waals surface area contributed by atoms with Gasteiger partial charge in [-0.2, -0.15) is 0 Å². The third-order valence-electron chi connectivity index (χ3n) is 1.93. The summed E-state index contributed by atoms with van der Waals surface area (Å²) >= 11 is 0. The van der Waals surface area contributed by atoms with Crippen LogP contribution in [0.5, 0.6) is 0 Å². The summed E-state index contributed by atoms with van der Waals surface area (Å²) in [5.41, 5.74) is -0.508. The summed E-state index contributed by atoms with van der Waals surface area (Å²) in [4.78, 5) is 11.7. The van der Waals surface area contributed by atoms with Crippen molar-refractivity contribution in [3.05, 3.63) is 17.5 Å². The first kappa shape index (κ1) is 12.7. The molecule has 6 nitrogen and oxygen atoms in total. The molecule has 0 aromatic carbocycles. The molecule has 0 atom stereocenters. The van der Waals surface area contributed by atoms with Crippen molar-refractivity contribution in [3.63, 3.8) is 0 Å². The van der Waals surface area contributed by atoms with Crippen LogP contribution in [-0.4, -0.2) is 35.4 Å². The molecule has 1 rings (SSSR count). The van der Waals surface area contributed by atoms with E-state index in [1.54, 1.807) is 13.8 Å². The van der Waals surface area contributed by atoms with E-state index in [2.05, 4.69) is 10.5 Å². The maximum absolute atomic E-state index is 11.7. The number of carbonyl (C=O) groups is 1. The number of nitrogens with zero attached hydrogens (tertiary/aromatic N) is 1. The van der Waals surface area contributed by atoms with E-state index in [-0.39, 0.29) is 24.8 Å². The highest BCUT2D eigenvalue weighted by Crippen LogP contribution is 2.07. The Kier molecular flexibility index (Phi) is 4.03. The van der Waals surface area contributed by atoms with Gasteiger partial charge >= 0.3 is 0 Å². The van der Waals surface area contributed by atoms with Crippen LogP contribution in [0.4, 0.5) is 0 Å². The van der Waals surface area contributed by atoms with Gasteiger partial charge in [0.15, 0.2) is 11.5 Å². The Morgan fingerprint density at radius 1 is 1.69 bits per heavy atom. The summed E-state index contributed by atoms with van der Waals surface area (Å²) in [5, 5.41) is 15.2. The van der Waals surface area contributed by atoms with Crippen LogP contribution in [0.3, 0.4) is 0 Å². The van der Waals surface area contributed by atoms with Crippen molar-refractivity contribution in [1.82, 2.24) is 10.5 Å². The van der Waals surface area contributed by atoms with Gasteiger partial charge in [-0.05, 0) is 13.8 Å². The molecule has 1 amide bonds. The van der Waals surface area contributed by atoms with E-state index in [1.165, 1.54) is 13.2 Å². The number of hydrogen-bond donors (Lipinski definition) is 2. The van der Waals surface area contributed by atoms with Gasteiger partial charge in [-0.3, -0.25) is 4.79 Å². The second-order valence-corrected chi connectivity index (χ2v) is 4.11. The number of hydrogen-bond acceptors (Lipinski definition) is 5. The minimum absolute atomic E-state index is 0.151. The maximum atomic E-state index is 11.7. The minimum atomic E-state index is -0.683. The molecule has 2 N–H and O–H groups in total. The van der Waals surface area contributed by atoms with Crippen LogP contribution >= 0.6 is 0 Å². The summed E-state index contributed by atoms with van der Waals surface area (Å²) in [7, 11) is 1.52. The van der Waals surface area contributed by atoms with Crippen LogP contribution in [0.1, 0.15) is 30.1 Å². The number of aliphatic hydroxyl groups excluding tert-OH is 1. The van der Waals surface area contributed by atoms with Crippen molar-refractivity contribution in [1.29, 1.82) is 0 Å². The third kappa shape index (κ3) is 3.32. The van der Waals surface area contributed by atoms with Gasteiger partial charge < -0.3 is 19.7 Å². The Balaban J connectivity index is 2.66. The van der Waals surface area contributed by atoms with Gasteiger partial charge in [0.25, 0.3) is 5.91 Å². The topological polar surface area (TPSA) is 84.6 Å². The molecule has 1 aromatic rings. The summed E-state index contributed by atoms with van der Waals surface area (Å²) in [6, 6.07) is 1.51. The number of aromatic nitrogens is 1. The number of rotatable bonds is 5. The van der Waals surface area contributed by atoms with E-state index in [9.17, 15) is 4.79 Å². The van der Waals surface area contributed by atoms with Crippen LogP contribution in [0.2, 0.25) is 0 Å². The van der Waals surface area contributed by atoms with Gasteiger partial charge in [0, 0.05) is 13.2 Å². The average molecular weight is 228 g/mol. The number of carbonyl (C=O) groups excluding carboxylic acids is 1. The minimum Gasteiger partial charge on any atom is -0.394 e. The molecule has 1 aromatic heterocycles. The number of aliphatic hydroxyl groups is 1. The van der Waals surface area contributed by atoms with E-state index in [4.69, 9.17) is 14.4 Å². The summed E-state index contributed by atoms with van der Waals surface area (Å²) in [5.74, 6) is 0.0969. The highest BCUT2D eigenvalue weighted by Gasteiger charge is 2.22. The highest BCUT2D eigenvalue weighted by atomic mass is 16.5. The van der Waals surface area contributed by atoms with Gasteiger partial charge in [0.2, 0.25) is 0 Å². The first-order chi connectivity index (χ1) is 7.48. The van der Waals surface area contributed by atoms with Crippen molar-refractivity contribution in [2.75, 3.05) is 13.7 Å². The zero-order valence-electron chi connectivity index (χ0n) is 9.61. The van der Waals surface area contributed by atoms with E-state index in [1.807, 2.05) is 0 Å². The van der Waals surface area contributed by atoms with Crippen molar-refractivity contribution in [2.24, 2.45) is 0 Å². The largest absolute Gasteiger partial charge is 0.394 e. The Morgan fingerprint density at radius 3 is 2.94 bits per heavy atom. The first-order valence-electron chi connectivity index (χ1n) is 4.86. The van der Waals surface area contributed by atoms with Crippen LogP contribution in [0, 0.1) is 0 Å². The zero-order chi connectivity index (χ0) is 12.2. The molecule has 0 bridgehead atoms. The Labute approximate surface area is 93.6 Å². The van der Waals surface area contributed by atoms with Crippen molar-refractivity contribution in [2.45, 2.75) is 26.0 Å². The monoisotopic (exact) mass is 228 g/mol. The smallest absolute Gasteiger partial charge is 0.273 e. The molecule has 90 valence electrons.